The van der Waals surface area contributed by atoms with Crippen LogP contribution >= 0.6 is 11.3 Å². The van der Waals surface area contributed by atoms with Crippen molar-refractivity contribution in [2.24, 2.45) is 5.92 Å². The lowest BCUT2D eigenvalue weighted by atomic mass is 10.1. The van der Waals surface area contributed by atoms with Gasteiger partial charge >= 0.3 is 0 Å². The number of halogens is 1. The predicted molar refractivity (Wildman–Crippen MR) is 87.0 cm³/mol. The third-order valence-electron chi connectivity index (χ3n) is 4.66. The third-order valence-corrected chi connectivity index (χ3v) is 5.66. The Labute approximate surface area is 138 Å². The molecule has 0 bridgehead atoms. The van der Waals surface area contributed by atoms with Crippen molar-refractivity contribution in [2.45, 2.75) is 24.9 Å². The molecule has 1 N–H and O–H groups in total. The van der Waals surface area contributed by atoms with Gasteiger partial charge in [-0.05, 0) is 47.0 Å². The molecule has 1 aliphatic heterocycles. The number of carbonyl (C=O) groups is 1. The number of ether oxygens (including phenoxy) is 1. The highest BCUT2D eigenvalue weighted by Gasteiger charge is 2.44. The van der Waals surface area contributed by atoms with Crippen molar-refractivity contribution in [1.82, 2.24) is 5.32 Å². The second kappa shape index (κ2) is 6.06. The summed E-state index contributed by atoms with van der Waals surface area (Å²) in [6.07, 6.45) is 1.77. The minimum absolute atomic E-state index is 0.00555. The van der Waals surface area contributed by atoms with Crippen molar-refractivity contribution in [2.75, 3.05) is 13.2 Å². The summed E-state index contributed by atoms with van der Waals surface area (Å²) in [5.74, 6) is 0.0623. The Morgan fingerprint density at radius 3 is 2.96 bits per heavy atom. The maximum absolute atomic E-state index is 13.0. The van der Waals surface area contributed by atoms with Gasteiger partial charge in [0, 0.05) is 23.8 Å². The molecule has 1 aromatic carbocycles. The van der Waals surface area contributed by atoms with E-state index in [4.69, 9.17) is 4.74 Å². The molecule has 1 saturated carbocycles. The molecule has 120 valence electrons. The van der Waals surface area contributed by atoms with Gasteiger partial charge in [0.05, 0.1) is 6.61 Å². The topological polar surface area (TPSA) is 38.3 Å². The van der Waals surface area contributed by atoms with Crippen molar-refractivity contribution in [3.05, 3.63) is 57.5 Å². The average molecular weight is 331 g/mol. The van der Waals surface area contributed by atoms with Crippen LogP contribution in [0.1, 0.15) is 34.4 Å². The summed E-state index contributed by atoms with van der Waals surface area (Å²) in [6, 6.07) is 8.55. The van der Waals surface area contributed by atoms with Crippen LogP contribution in [-0.2, 0) is 16.0 Å². The van der Waals surface area contributed by atoms with Crippen LogP contribution in [0, 0.1) is 11.7 Å². The van der Waals surface area contributed by atoms with Crippen LogP contribution in [0.5, 0.6) is 0 Å². The van der Waals surface area contributed by atoms with E-state index in [0.29, 0.717) is 6.54 Å². The molecule has 23 heavy (non-hydrogen) atoms. The predicted octanol–water partition coefficient (Wildman–Crippen LogP) is 3.42. The monoisotopic (exact) mass is 331 g/mol. The molecule has 1 aromatic heterocycles. The van der Waals surface area contributed by atoms with E-state index in [1.54, 1.807) is 23.5 Å². The fraction of sp³-hybridized carbons (Fsp3) is 0.389. The maximum atomic E-state index is 13.0. The van der Waals surface area contributed by atoms with Gasteiger partial charge in [0.25, 0.3) is 0 Å². The van der Waals surface area contributed by atoms with Crippen LogP contribution in [0.15, 0.2) is 35.7 Å². The number of nitrogens with one attached hydrogen (secondary N) is 1. The smallest absolute Gasteiger partial charge is 0.223 e. The first-order valence-corrected chi connectivity index (χ1v) is 8.81. The summed E-state index contributed by atoms with van der Waals surface area (Å²) in [4.78, 5) is 13.7. The molecule has 5 heteroatoms. The second-order valence-electron chi connectivity index (χ2n) is 6.15. The van der Waals surface area contributed by atoms with E-state index in [-0.39, 0.29) is 29.7 Å². The SMILES string of the molecule is O=C(NC[C@@H]1OCCc2sccc21)[C@@H]1C[C@H]1c1ccc(F)cc1. The Morgan fingerprint density at radius 2 is 2.13 bits per heavy atom. The molecule has 0 radical (unpaired) electrons. The molecule has 1 fully saturated rings. The maximum Gasteiger partial charge on any atom is 0.223 e. The molecule has 3 nitrogen and oxygen atoms in total. The molecule has 0 saturated heterocycles. The highest BCUT2D eigenvalue weighted by Crippen LogP contribution is 2.47. The number of amides is 1. The Morgan fingerprint density at radius 1 is 1.30 bits per heavy atom. The van der Waals surface area contributed by atoms with Gasteiger partial charge in [0.2, 0.25) is 5.91 Å². The summed E-state index contributed by atoms with van der Waals surface area (Å²) in [5.41, 5.74) is 2.26. The lowest BCUT2D eigenvalue weighted by Crippen LogP contribution is -2.32. The minimum atomic E-state index is -0.239. The van der Waals surface area contributed by atoms with Crippen LogP contribution in [0.25, 0.3) is 0 Å². The molecular formula is C18H18FNO2S. The van der Waals surface area contributed by atoms with E-state index in [2.05, 4.69) is 16.8 Å². The van der Waals surface area contributed by atoms with Gasteiger partial charge in [-0.25, -0.2) is 4.39 Å². The fourth-order valence-electron chi connectivity index (χ4n) is 3.28. The largest absolute Gasteiger partial charge is 0.371 e. The Balaban J connectivity index is 1.33. The Kier molecular flexibility index (Phi) is 3.91. The van der Waals surface area contributed by atoms with Gasteiger partial charge in [-0.2, -0.15) is 0 Å². The van der Waals surface area contributed by atoms with Crippen LogP contribution in [0.3, 0.4) is 0 Å². The van der Waals surface area contributed by atoms with Gasteiger partial charge < -0.3 is 10.1 Å². The zero-order valence-corrected chi connectivity index (χ0v) is 13.4. The van der Waals surface area contributed by atoms with Crippen molar-refractivity contribution in [1.29, 1.82) is 0 Å². The number of rotatable bonds is 4. The summed E-state index contributed by atoms with van der Waals surface area (Å²) < 4.78 is 18.7. The van der Waals surface area contributed by atoms with E-state index < -0.39 is 0 Å². The molecule has 2 aromatic rings. The van der Waals surface area contributed by atoms with E-state index in [9.17, 15) is 9.18 Å². The molecular weight excluding hydrogens is 313 g/mol. The average Bonchev–Trinajstić information content (AvgIpc) is 3.22. The number of fused-ring (bicyclic) bond motifs is 1. The van der Waals surface area contributed by atoms with Crippen LogP contribution in [0.4, 0.5) is 4.39 Å². The first-order valence-electron chi connectivity index (χ1n) is 7.93. The molecule has 0 spiro atoms. The summed E-state index contributed by atoms with van der Waals surface area (Å²) in [7, 11) is 0. The van der Waals surface area contributed by atoms with E-state index >= 15 is 0 Å². The van der Waals surface area contributed by atoms with Crippen molar-refractivity contribution in [3.8, 4) is 0 Å². The van der Waals surface area contributed by atoms with Gasteiger partial charge in [0.1, 0.15) is 11.9 Å². The van der Waals surface area contributed by atoms with Crippen LogP contribution in [-0.4, -0.2) is 19.1 Å². The van der Waals surface area contributed by atoms with Crippen molar-refractivity contribution >= 4 is 17.2 Å². The van der Waals surface area contributed by atoms with Crippen LogP contribution in [0.2, 0.25) is 0 Å². The van der Waals surface area contributed by atoms with Gasteiger partial charge in [-0.3, -0.25) is 4.79 Å². The standard InChI is InChI=1S/C18H18FNO2S/c19-12-3-1-11(2-4-12)14-9-15(14)18(21)20-10-16-13-6-8-23-17(13)5-7-22-16/h1-4,6,8,14-16H,5,7,9-10H2,(H,20,21)/t14-,15+,16-/m0/s1. The molecule has 2 aliphatic rings. The Hall–Kier alpha value is -1.72. The first kappa shape index (κ1) is 14.8. The highest BCUT2D eigenvalue weighted by molar-refractivity contribution is 7.10. The van der Waals surface area contributed by atoms with Crippen LogP contribution < -0.4 is 5.32 Å². The first-order chi connectivity index (χ1) is 11.2. The van der Waals surface area contributed by atoms with Gasteiger partial charge in [-0.1, -0.05) is 12.1 Å². The number of hydrogen-bond donors (Lipinski definition) is 1. The molecule has 1 aliphatic carbocycles. The summed E-state index contributed by atoms with van der Waals surface area (Å²) in [6.45, 7) is 1.24. The third kappa shape index (κ3) is 3.03. The molecule has 1 amide bonds. The van der Waals surface area contributed by atoms with Crippen molar-refractivity contribution < 1.29 is 13.9 Å². The van der Waals surface area contributed by atoms with E-state index in [1.807, 2.05) is 0 Å². The molecule has 3 atom stereocenters. The van der Waals surface area contributed by atoms with Gasteiger partial charge in [-0.15, -0.1) is 11.3 Å². The number of benzene rings is 1. The Bertz CT molecular complexity index is 712. The van der Waals surface area contributed by atoms with E-state index in [1.165, 1.54) is 22.6 Å². The number of hydrogen-bond acceptors (Lipinski definition) is 3. The fourth-order valence-corrected chi connectivity index (χ4v) is 4.20. The second-order valence-corrected chi connectivity index (χ2v) is 7.15. The lowest BCUT2D eigenvalue weighted by molar-refractivity contribution is -0.123. The molecule has 0 unspecified atom stereocenters. The highest BCUT2D eigenvalue weighted by atomic mass is 32.1. The number of thiophene rings is 1. The normalized spacial score (nSPS) is 25.7. The van der Waals surface area contributed by atoms with Gasteiger partial charge in [0.15, 0.2) is 0 Å². The quantitative estimate of drug-likeness (QED) is 0.932. The summed E-state index contributed by atoms with van der Waals surface area (Å²) in [5, 5.41) is 5.11. The lowest BCUT2D eigenvalue weighted by Gasteiger charge is -2.23. The zero-order chi connectivity index (χ0) is 15.8. The van der Waals surface area contributed by atoms with Crippen molar-refractivity contribution in [3.63, 3.8) is 0 Å². The zero-order valence-electron chi connectivity index (χ0n) is 12.6. The van der Waals surface area contributed by atoms with E-state index in [0.717, 1.165) is 25.0 Å². The molecule has 4 rings (SSSR count). The number of carbonyl (C=O) groups excluding carboxylic acids is 1. The molecule has 2 heterocycles. The summed E-state index contributed by atoms with van der Waals surface area (Å²) >= 11 is 1.76. The minimum Gasteiger partial charge on any atom is -0.371 e.